The molecule has 5 rings (SSSR count). The second-order valence-corrected chi connectivity index (χ2v) is 10.4. The number of rotatable bonds is 7. The lowest BCUT2D eigenvalue weighted by atomic mass is 10.1. The van der Waals surface area contributed by atoms with Crippen molar-refractivity contribution in [1.82, 2.24) is 20.1 Å². The highest BCUT2D eigenvalue weighted by molar-refractivity contribution is 8.00. The molecule has 1 saturated carbocycles. The van der Waals surface area contributed by atoms with Gasteiger partial charge in [0.15, 0.2) is 5.76 Å². The molecule has 9 heteroatoms. The summed E-state index contributed by atoms with van der Waals surface area (Å²) in [7, 11) is 0. The Labute approximate surface area is 195 Å². The number of nitrogens with zero attached hydrogens (tertiary/aromatic N) is 3. The molecule has 2 aliphatic rings. The Bertz CT molecular complexity index is 1130. The number of benzene rings is 1. The normalized spacial score (nSPS) is 17.1. The number of nitrogens with one attached hydrogen (secondary N) is 1. The van der Waals surface area contributed by atoms with Crippen LogP contribution in [0.2, 0.25) is 0 Å². The molecular formula is C23H26N4O3S2. The summed E-state index contributed by atoms with van der Waals surface area (Å²) < 4.78 is 7.04. The molecule has 32 heavy (non-hydrogen) atoms. The summed E-state index contributed by atoms with van der Waals surface area (Å²) in [5.41, 5.74) is 2.67. The van der Waals surface area contributed by atoms with Gasteiger partial charge in [0.1, 0.15) is 9.92 Å². The van der Waals surface area contributed by atoms with Crippen molar-refractivity contribution in [2.45, 2.75) is 35.9 Å². The van der Waals surface area contributed by atoms with Gasteiger partial charge in [0.05, 0.1) is 6.54 Å². The van der Waals surface area contributed by atoms with E-state index in [9.17, 15) is 9.59 Å². The molecule has 0 atom stereocenters. The van der Waals surface area contributed by atoms with Crippen LogP contribution in [0.5, 0.6) is 0 Å². The van der Waals surface area contributed by atoms with Gasteiger partial charge in [-0.2, -0.15) is 0 Å². The standard InChI is InChI=1S/C23H26N4O3S2/c1-15-13-31-23(24-15)32-14-18-17-4-2-3-5-19(17)30-21(18)22(29)27-10-8-26(9-11-27)12-20(28)25-16-6-7-16/h2-5,13,16H,6-12,14H2,1H3,(H,25,28). The smallest absolute Gasteiger partial charge is 0.290 e. The van der Waals surface area contributed by atoms with Crippen LogP contribution in [-0.2, 0) is 10.5 Å². The monoisotopic (exact) mass is 470 g/mol. The van der Waals surface area contributed by atoms with Gasteiger partial charge in [-0.05, 0) is 25.8 Å². The first kappa shape index (κ1) is 21.5. The van der Waals surface area contributed by atoms with E-state index >= 15 is 0 Å². The maximum atomic E-state index is 13.4. The Morgan fingerprint density at radius 1 is 1.22 bits per heavy atom. The number of hydrogen-bond donors (Lipinski definition) is 1. The van der Waals surface area contributed by atoms with Crippen molar-refractivity contribution in [3.63, 3.8) is 0 Å². The molecule has 3 aromatic rings. The van der Waals surface area contributed by atoms with Crippen LogP contribution in [0.1, 0.15) is 34.7 Å². The summed E-state index contributed by atoms with van der Waals surface area (Å²) in [6, 6.07) is 8.19. The van der Waals surface area contributed by atoms with Crippen LogP contribution in [0.25, 0.3) is 11.0 Å². The fraction of sp³-hybridized carbons (Fsp3) is 0.435. The average molecular weight is 471 g/mol. The summed E-state index contributed by atoms with van der Waals surface area (Å²) in [4.78, 5) is 34.0. The summed E-state index contributed by atoms with van der Waals surface area (Å²) in [6.45, 7) is 4.94. The topological polar surface area (TPSA) is 78.7 Å². The van der Waals surface area contributed by atoms with Gasteiger partial charge in [0, 0.05) is 60.0 Å². The molecule has 7 nitrogen and oxygen atoms in total. The van der Waals surface area contributed by atoms with Gasteiger partial charge in [-0.1, -0.05) is 30.0 Å². The molecule has 2 aromatic heterocycles. The first-order valence-electron chi connectivity index (χ1n) is 10.9. The number of thioether (sulfide) groups is 1. The third kappa shape index (κ3) is 4.84. The van der Waals surface area contributed by atoms with E-state index in [1.165, 1.54) is 0 Å². The van der Waals surface area contributed by atoms with Crippen molar-refractivity contribution in [3.8, 4) is 0 Å². The molecule has 2 amide bonds. The Morgan fingerprint density at radius 3 is 2.72 bits per heavy atom. The van der Waals surface area contributed by atoms with Crippen molar-refractivity contribution in [1.29, 1.82) is 0 Å². The van der Waals surface area contributed by atoms with Gasteiger partial charge < -0.3 is 14.6 Å². The van der Waals surface area contributed by atoms with E-state index in [4.69, 9.17) is 4.42 Å². The zero-order chi connectivity index (χ0) is 22.1. The average Bonchev–Trinajstić information content (AvgIpc) is 3.38. The maximum Gasteiger partial charge on any atom is 0.290 e. The van der Waals surface area contributed by atoms with Crippen molar-refractivity contribution >= 4 is 45.9 Å². The zero-order valence-corrected chi connectivity index (χ0v) is 19.6. The van der Waals surface area contributed by atoms with Gasteiger partial charge in [-0.25, -0.2) is 4.98 Å². The van der Waals surface area contributed by atoms with E-state index < -0.39 is 0 Å². The molecule has 1 N–H and O–H groups in total. The molecule has 1 aliphatic heterocycles. The number of aromatic nitrogens is 1. The number of carbonyl (C=O) groups is 2. The Kier molecular flexibility index (Phi) is 6.21. The van der Waals surface area contributed by atoms with Crippen molar-refractivity contribution in [2.24, 2.45) is 0 Å². The van der Waals surface area contributed by atoms with E-state index in [1.807, 2.05) is 41.5 Å². The van der Waals surface area contributed by atoms with Crippen LogP contribution < -0.4 is 5.32 Å². The van der Waals surface area contributed by atoms with Crippen LogP contribution in [0.15, 0.2) is 38.4 Å². The van der Waals surface area contributed by atoms with Gasteiger partial charge in [0.2, 0.25) is 5.91 Å². The first-order valence-corrected chi connectivity index (χ1v) is 12.8. The summed E-state index contributed by atoms with van der Waals surface area (Å²) >= 11 is 3.25. The Morgan fingerprint density at radius 2 is 2.00 bits per heavy atom. The minimum absolute atomic E-state index is 0.0748. The highest BCUT2D eigenvalue weighted by Gasteiger charge is 2.29. The van der Waals surface area contributed by atoms with Gasteiger partial charge in [0.25, 0.3) is 5.91 Å². The highest BCUT2D eigenvalue weighted by atomic mass is 32.2. The lowest BCUT2D eigenvalue weighted by molar-refractivity contribution is -0.122. The molecule has 0 radical (unpaired) electrons. The number of amides is 2. The number of carbonyl (C=O) groups excluding carboxylic acids is 2. The number of piperazine rings is 1. The molecule has 1 saturated heterocycles. The van der Waals surface area contributed by atoms with E-state index in [1.54, 1.807) is 23.1 Å². The molecule has 0 spiro atoms. The summed E-state index contributed by atoms with van der Waals surface area (Å²) in [5.74, 6) is 1.06. The van der Waals surface area contributed by atoms with Crippen LogP contribution in [0, 0.1) is 6.92 Å². The minimum Gasteiger partial charge on any atom is -0.451 e. The lowest BCUT2D eigenvalue weighted by Gasteiger charge is -2.34. The van der Waals surface area contributed by atoms with E-state index in [-0.39, 0.29) is 11.8 Å². The van der Waals surface area contributed by atoms with Gasteiger partial charge >= 0.3 is 0 Å². The zero-order valence-electron chi connectivity index (χ0n) is 18.0. The quantitative estimate of drug-likeness (QED) is 0.533. The SMILES string of the molecule is Cc1csc(SCc2c(C(=O)N3CCN(CC(=O)NC4CC4)CC3)oc3ccccc23)n1. The highest BCUT2D eigenvalue weighted by Crippen LogP contribution is 2.34. The predicted octanol–water partition coefficient (Wildman–Crippen LogP) is 3.53. The molecule has 1 aliphatic carbocycles. The van der Waals surface area contributed by atoms with E-state index in [2.05, 4.69) is 15.2 Å². The lowest BCUT2D eigenvalue weighted by Crippen LogP contribution is -2.51. The van der Waals surface area contributed by atoms with Gasteiger partial charge in [-0.3, -0.25) is 14.5 Å². The molecule has 3 heterocycles. The van der Waals surface area contributed by atoms with Crippen LogP contribution in [-0.4, -0.2) is 65.4 Å². The largest absolute Gasteiger partial charge is 0.451 e. The van der Waals surface area contributed by atoms with Crippen molar-refractivity contribution in [2.75, 3.05) is 32.7 Å². The number of para-hydroxylation sites is 1. The number of aryl methyl sites for hydroxylation is 1. The predicted molar refractivity (Wildman–Crippen MR) is 126 cm³/mol. The van der Waals surface area contributed by atoms with Crippen LogP contribution >= 0.6 is 23.1 Å². The number of fused-ring (bicyclic) bond motifs is 1. The van der Waals surface area contributed by atoms with Crippen molar-refractivity contribution < 1.29 is 14.0 Å². The van der Waals surface area contributed by atoms with E-state index in [0.29, 0.717) is 50.3 Å². The molecule has 0 unspecified atom stereocenters. The second kappa shape index (κ2) is 9.25. The maximum absolute atomic E-state index is 13.4. The van der Waals surface area contributed by atoms with Crippen molar-refractivity contribution in [3.05, 3.63) is 46.7 Å². The molecule has 0 bridgehead atoms. The Hall–Kier alpha value is -2.36. The third-order valence-corrected chi connectivity index (χ3v) is 7.96. The minimum atomic E-state index is -0.0748. The van der Waals surface area contributed by atoms with Crippen LogP contribution in [0.3, 0.4) is 0 Å². The summed E-state index contributed by atoms with van der Waals surface area (Å²) in [5, 5.41) is 6.04. The molecule has 1 aromatic carbocycles. The number of thiazole rings is 1. The fourth-order valence-electron chi connectivity index (χ4n) is 3.90. The van der Waals surface area contributed by atoms with Crippen LogP contribution in [0.4, 0.5) is 0 Å². The second-order valence-electron chi connectivity index (χ2n) is 8.36. The molecular weight excluding hydrogens is 444 g/mol. The molecule has 168 valence electrons. The van der Waals surface area contributed by atoms with E-state index in [0.717, 1.165) is 39.4 Å². The first-order chi connectivity index (χ1) is 15.6. The number of hydrogen-bond acceptors (Lipinski definition) is 7. The third-order valence-electron chi connectivity index (χ3n) is 5.80. The summed E-state index contributed by atoms with van der Waals surface area (Å²) in [6.07, 6.45) is 2.18. The fourth-order valence-corrected chi connectivity index (χ4v) is 5.78. The Balaban J connectivity index is 1.27. The molecule has 2 fully saturated rings. The van der Waals surface area contributed by atoms with Gasteiger partial charge in [-0.15, -0.1) is 11.3 Å². The number of furan rings is 1.